The topological polar surface area (TPSA) is 99.1 Å². The quantitative estimate of drug-likeness (QED) is 0.761. The molecule has 0 aromatic heterocycles. The molecule has 0 aliphatic carbocycles. The van der Waals surface area contributed by atoms with Crippen molar-refractivity contribution in [2.24, 2.45) is 0 Å². The number of rotatable bonds is 4. The van der Waals surface area contributed by atoms with Gasteiger partial charge in [0, 0.05) is 7.05 Å². The molecule has 0 heterocycles. The third kappa shape index (κ3) is 3.55. The zero-order valence-corrected chi connectivity index (χ0v) is 9.91. The lowest BCUT2D eigenvalue weighted by atomic mass is 10.2. The molecule has 1 aromatic carbocycles. The van der Waals surface area contributed by atoms with Crippen molar-refractivity contribution < 1.29 is 13.2 Å². The van der Waals surface area contributed by atoms with E-state index in [2.05, 4.69) is 10.0 Å². The van der Waals surface area contributed by atoms with Crippen molar-refractivity contribution in [1.29, 1.82) is 5.26 Å². The van der Waals surface area contributed by atoms with Gasteiger partial charge in [0.15, 0.2) is 0 Å². The molecule has 0 radical (unpaired) electrons. The van der Waals surface area contributed by atoms with Crippen LogP contribution in [0.1, 0.15) is 5.56 Å². The van der Waals surface area contributed by atoms with Gasteiger partial charge in [0.05, 0.1) is 23.1 Å². The third-order valence-corrected chi connectivity index (χ3v) is 3.41. The summed E-state index contributed by atoms with van der Waals surface area (Å²) in [5.41, 5.74) is 0.371. The van der Waals surface area contributed by atoms with Crippen molar-refractivity contribution in [1.82, 2.24) is 10.0 Å². The number of hydrogen-bond donors (Lipinski definition) is 2. The average molecular weight is 253 g/mol. The van der Waals surface area contributed by atoms with Crippen molar-refractivity contribution in [2.45, 2.75) is 4.90 Å². The van der Waals surface area contributed by atoms with Gasteiger partial charge < -0.3 is 5.32 Å². The predicted octanol–water partition coefficient (Wildman–Crippen LogP) is -0.417. The van der Waals surface area contributed by atoms with Gasteiger partial charge in [-0.15, -0.1) is 0 Å². The Labute approximate surface area is 99.3 Å². The Balaban J connectivity index is 2.83. The molecule has 0 unspecified atom stereocenters. The Morgan fingerprint density at radius 1 is 1.35 bits per heavy atom. The zero-order chi connectivity index (χ0) is 12.9. The Morgan fingerprint density at radius 2 is 1.94 bits per heavy atom. The maximum absolute atomic E-state index is 11.7. The first-order valence-corrected chi connectivity index (χ1v) is 6.18. The number of carbonyl (C=O) groups is 1. The second-order valence-corrected chi connectivity index (χ2v) is 4.90. The summed E-state index contributed by atoms with van der Waals surface area (Å²) in [6.45, 7) is -0.321. The van der Waals surface area contributed by atoms with Crippen molar-refractivity contribution in [3.8, 4) is 6.07 Å². The van der Waals surface area contributed by atoms with Crippen LogP contribution in [0.4, 0.5) is 0 Å². The molecule has 7 heteroatoms. The molecule has 90 valence electrons. The lowest BCUT2D eigenvalue weighted by Gasteiger charge is -2.05. The molecule has 0 atom stereocenters. The van der Waals surface area contributed by atoms with E-state index in [-0.39, 0.29) is 11.4 Å². The van der Waals surface area contributed by atoms with Gasteiger partial charge in [-0.1, -0.05) is 0 Å². The van der Waals surface area contributed by atoms with E-state index in [1.165, 1.54) is 31.3 Å². The smallest absolute Gasteiger partial charge is 0.241 e. The van der Waals surface area contributed by atoms with Crippen molar-refractivity contribution in [3.63, 3.8) is 0 Å². The molecule has 6 nitrogen and oxygen atoms in total. The Hall–Kier alpha value is -1.91. The lowest BCUT2D eigenvalue weighted by molar-refractivity contribution is -0.119. The van der Waals surface area contributed by atoms with Crippen LogP contribution in [-0.2, 0) is 14.8 Å². The number of likely N-dealkylation sites (N-methyl/N-ethyl adjacent to an activating group) is 1. The monoisotopic (exact) mass is 253 g/mol. The Kier molecular flexibility index (Phi) is 4.20. The molecule has 1 rings (SSSR count). The molecule has 0 aliphatic heterocycles. The van der Waals surface area contributed by atoms with Gasteiger partial charge in [0.2, 0.25) is 15.9 Å². The van der Waals surface area contributed by atoms with Crippen LogP contribution in [0.5, 0.6) is 0 Å². The molecule has 2 N–H and O–H groups in total. The second kappa shape index (κ2) is 5.43. The first kappa shape index (κ1) is 13.2. The molecule has 17 heavy (non-hydrogen) atoms. The van der Waals surface area contributed by atoms with Crippen LogP contribution in [0.25, 0.3) is 0 Å². The van der Waals surface area contributed by atoms with Crippen LogP contribution in [0.15, 0.2) is 29.2 Å². The molecule has 0 fully saturated rings. The van der Waals surface area contributed by atoms with Crippen molar-refractivity contribution in [2.75, 3.05) is 13.6 Å². The minimum Gasteiger partial charge on any atom is -0.358 e. The highest BCUT2D eigenvalue weighted by atomic mass is 32.2. The second-order valence-electron chi connectivity index (χ2n) is 3.13. The fraction of sp³-hybridized carbons (Fsp3) is 0.200. The molecule has 1 amide bonds. The standard InChI is InChI=1S/C10H11N3O3S/c1-12-10(14)7-13-17(15,16)9-4-2-8(6-11)3-5-9/h2-5,13H,7H2,1H3,(H,12,14). The van der Waals surface area contributed by atoms with E-state index in [1.807, 2.05) is 6.07 Å². The molecule has 0 aliphatic rings. The molecule has 1 aromatic rings. The Morgan fingerprint density at radius 3 is 2.41 bits per heavy atom. The number of hydrogen-bond acceptors (Lipinski definition) is 4. The minimum absolute atomic E-state index is 0.0143. The lowest BCUT2D eigenvalue weighted by Crippen LogP contribution is -2.35. The van der Waals surface area contributed by atoms with E-state index in [4.69, 9.17) is 5.26 Å². The van der Waals surface area contributed by atoms with Gasteiger partial charge in [-0.2, -0.15) is 5.26 Å². The molecule has 0 saturated heterocycles. The maximum Gasteiger partial charge on any atom is 0.241 e. The van der Waals surface area contributed by atoms with Gasteiger partial charge in [-0.25, -0.2) is 13.1 Å². The summed E-state index contributed by atoms with van der Waals surface area (Å²) in [6, 6.07) is 7.30. The number of nitrogens with zero attached hydrogens (tertiary/aromatic N) is 1. The number of nitriles is 1. The summed E-state index contributed by atoms with van der Waals surface area (Å²) in [6.07, 6.45) is 0. The predicted molar refractivity (Wildman–Crippen MR) is 60.4 cm³/mol. The van der Waals surface area contributed by atoms with Gasteiger partial charge in [-0.3, -0.25) is 4.79 Å². The number of benzene rings is 1. The molecular weight excluding hydrogens is 242 g/mol. The van der Waals surface area contributed by atoms with E-state index < -0.39 is 15.9 Å². The summed E-state index contributed by atoms with van der Waals surface area (Å²) in [7, 11) is -2.30. The van der Waals surface area contributed by atoms with E-state index in [0.717, 1.165) is 0 Å². The number of carbonyl (C=O) groups excluding carboxylic acids is 1. The summed E-state index contributed by atoms with van der Waals surface area (Å²) in [5.74, 6) is -0.428. The van der Waals surface area contributed by atoms with Crippen LogP contribution in [0.3, 0.4) is 0 Å². The summed E-state index contributed by atoms with van der Waals surface area (Å²) in [5, 5.41) is 10.9. The fourth-order valence-electron chi connectivity index (χ4n) is 1.04. The first-order chi connectivity index (χ1) is 7.99. The fourth-order valence-corrected chi connectivity index (χ4v) is 2.02. The van der Waals surface area contributed by atoms with E-state index in [9.17, 15) is 13.2 Å². The van der Waals surface area contributed by atoms with E-state index in [1.54, 1.807) is 0 Å². The highest BCUT2D eigenvalue weighted by molar-refractivity contribution is 7.89. The van der Waals surface area contributed by atoms with E-state index in [0.29, 0.717) is 5.56 Å². The number of nitrogens with one attached hydrogen (secondary N) is 2. The summed E-state index contributed by atoms with van der Waals surface area (Å²) < 4.78 is 25.5. The van der Waals surface area contributed by atoms with Crippen LogP contribution >= 0.6 is 0 Å². The average Bonchev–Trinajstić information content (AvgIpc) is 2.36. The summed E-state index contributed by atoms with van der Waals surface area (Å²) >= 11 is 0. The maximum atomic E-state index is 11.7. The Bertz CT molecular complexity index is 543. The minimum atomic E-state index is -3.71. The highest BCUT2D eigenvalue weighted by Gasteiger charge is 2.14. The zero-order valence-electron chi connectivity index (χ0n) is 9.10. The highest BCUT2D eigenvalue weighted by Crippen LogP contribution is 2.09. The molecule has 0 saturated carbocycles. The van der Waals surface area contributed by atoms with Crippen LogP contribution in [0.2, 0.25) is 0 Å². The van der Waals surface area contributed by atoms with Gasteiger partial charge in [0.25, 0.3) is 0 Å². The largest absolute Gasteiger partial charge is 0.358 e. The molecule has 0 bridgehead atoms. The first-order valence-electron chi connectivity index (χ1n) is 4.70. The van der Waals surface area contributed by atoms with Gasteiger partial charge in [0.1, 0.15) is 0 Å². The van der Waals surface area contributed by atoms with Gasteiger partial charge in [-0.05, 0) is 24.3 Å². The van der Waals surface area contributed by atoms with Gasteiger partial charge >= 0.3 is 0 Å². The van der Waals surface area contributed by atoms with Crippen molar-refractivity contribution >= 4 is 15.9 Å². The van der Waals surface area contributed by atoms with E-state index >= 15 is 0 Å². The van der Waals surface area contributed by atoms with Crippen LogP contribution < -0.4 is 10.0 Å². The number of amides is 1. The van der Waals surface area contributed by atoms with Crippen molar-refractivity contribution in [3.05, 3.63) is 29.8 Å². The molecular formula is C10H11N3O3S. The normalized spacial score (nSPS) is 10.6. The summed E-state index contributed by atoms with van der Waals surface area (Å²) in [4.78, 5) is 10.9. The molecule has 0 spiro atoms. The van der Waals surface area contributed by atoms with Crippen LogP contribution in [0, 0.1) is 11.3 Å². The van der Waals surface area contributed by atoms with Crippen LogP contribution in [-0.4, -0.2) is 27.9 Å². The number of sulfonamides is 1. The SMILES string of the molecule is CNC(=O)CNS(=O)(=O)c1ccc(C#N)cc1. The third-order valence-electron chi connectivity index (χ3n) is 2.00.